The van der Waals surface area contributed by atoms with Gasteiger partial charge in [0.05, 0.1) is 7.11 Å². The number of benzene rings is 1. The zero-order chi connectivity index (χ0) is 15.3. The van der Waals surface area contributed by atoms with E-state index in [1.165, 1.54) is 6.26 Å². The van der Waals surface area contributed by atoms with Crippen LogP contribution in [0, 0.1) is 0 Å². The quantitative estimate of drug-likeness (QED) is 0.885. The predicted molar refractivity (Wildman–Crippen MR) is 82.5 cm³/mol. The number of hydrogen-bond acceptors (Lipinski definition) is 5. The Labute approximate surface area is 124 Å². The fourth-order valence-corrected chi connectivity index (χ4v) is 2.74. The van der Waals surface area contributed by atoms with Crippen LogP contribution in [0.1, 0.15) is 5.56 Å². The number of hydrogen-bond donors (Lipinski definition) is 1. The molecular weight excluding hydrogens is 288 g/mol. The molecule has 0 aliphatic heterocycles. The summed E-state index contributed by atoms with van der Waals surface area (Å²) in [6.45, 7) is 0.603. The van der Waals surface area contributed by atoms with Gasteiger partial charge in [-0.25, -0.2) is 13.4 Å². The largest absolute Gasteiger partial charge is 0.497 e. The van der Waals surface area contributed by atoms with E-state index >= 15 is 0 Å². The van der Waals surface area contributed by atoms with Gasteiger partial charge in [0.25, 0.3) is 0 Å². The molecule has 0 aliphatic carbocycles. The van der Waals surface area contributed by atoms with Crippen molar-refractivity contribution >= 4 is 15.7 Å². The van der Waals surface area contributed by atoms with Crippen molar-refractivity contribution in [2.75, 3.05) is 25.2 Å². The molecule has 0 saturated carbocycles. The fourth-order valence-electron chi connectivity index (χ4n) is 1.94. The third-order valence-electron chi connectivity index (χ3n) is 3.04. The van der Waals surface area contributed by atoms with Crippen molar-refractivity contribution in [2.24, 2.45) is 0 Å². The topological polar surface area (TPSA) is 68.3 Å². The molecule has 0 fully saturated rings. The molecule has 1 heterocycles. The number of anilines is 1. The molecule has 0 aliphatic rings. The highest BCUT2D eigenvalue weighted by Gasteiger charge is 2.13. The second-order valence-electron chi connectivity index (χ2n) is 4.65. The molecule has 5 nitrogen and oxygen atoms in total. The first kappa shape index (κ1) is 15.3. The first-order chi connectivity index (χ1) is 10.0. The van der Waals surface area contributed by atoms with Crippen LogP contribution in [-0.4, -0.2) is 33.3 Å². The summed E-state index contributed by atoms with van der Waals surface area (Å²) in [6.07, 6.45) is 3.52. The summed E-state index contributed by atoms with van der Waals surface area (Å²) in [5, 5.41) is 3.08. The molecule has 0 atom stereocenters. The van der Waals surface area contributed by atoms with Crippen LogP contribution in [-0.2, 0) is 16.3 Å². The Kier molecular flexibility index (Phi) is 4.80. The van der Waals surface area contributed by atoms with E-state index in [1.807, 2.05) is 24.3 Å². The lowest BCUT2D eigenvalue weighted by Gasteiger charge is -2.09. The van der Waals surface area contributed by atoms with Crippen LogP contribution in [0.25, 0.3) is 0 Å². The summed E-state index contributed by atoms with van der Waals surface area (Å²) in [5.41, 5.74) is 1.14. The molecule has 6 heteroatoms. The molecule has 0 bridgehead atoms. The monoisotopic (exact) mass is 306 g/mol. The molecule has 0 saturated heterocycles. The van der Waals surface area contributed by atoms with Gasteiger partial charge < -0.3 is 10.1 Å². The predicted octanol–water partition coefficient (Wildman–Crippen LogP) is 2.15. The molecule has 1 N–H and O–H groups in total. The molecular formula is C15H18N2O3S. The number of nitrogens with one attached hydrogen (secondary N) is 1. The first-order valence-corrected chi connectivity index (χ1v) is 8.42. The Balaban J connectivity index is 2.00. The molecule has 0 radical (unpaired) electrons. The fraction of sp³-hybridized carbons (Fsp3) is 0.267. The van der Waals surface area contributed by atoms with Crippen LogP contribution in [0.5, 0.6) is 5.75 Å². The molecule has 2 aromatic rings. The van der Waals surface area contributed by atoms with E-state index in [2.05, 4.69) is 10.3 Å². The number of methoxy groups -OCH3 is 1. The van der Waals surface area contributed by atoms with Crippen LogP contribution in [0.4, 0.5) is 5.82 Å². The minimum atomic E-state index is -3.28. The van der Waals surface area contributed by atoms with Crippen molar-refractivity contribution < 1.29 is 13.2 Å². The summed E-state index contributed by atoms with van der Waals surface area (Å²) >= 11 is 0. The SMILES string of the molecule is COc1ccc(CCNc2ncccc2S(C)(=O)=O)cc1. The molecule has 0 spiro atoms. The summed E-state index contributed by atoms with van der Waals surface area (Å²) < 4.78 is 28.4. The van der Waals surface area contributed by atoms with E-state index in [4.69, 9.17) is 4.74 Å². The van der Waals surface area contributed by atoms with E-state index in [0.29, 0.717) is 12.4 Å². The number of rotatable bonds is 6. The Morgan fingerprint density at radius 1 is 1.19 bits per heavy atom. The van der Waals surface area contributed by atoms with Crippen molar-refractivity contribution in [3.63, 3.8) is 0 Å². The number of sulfone groups is 1. The van der Waals surface area contributed by atoms with Crippen LogP contribution in [0.3, 0.4) is 0 Å². The lowest BCUT2D eigenvalue weighted by atomic mass is 10.1. The third-order valence-corrected chi connectivity index (χ3v) is 4.16. The van der Waals surface area contributed by atoms with E-state index in [0.717, 1.165) is 17.7 Å². The van der Waals surface area contributed by atoms with E-state index in [9.17, 15) is 8.42 Å². The molecule has 112 valence electrons. The Morgan fingerprint density at radius 2 is 1.90 bits per heavy atom. The maximum Gasteiger partial charge on any atom is 0.179 e. The molecule has 1 aromatic heterocycles. The van der Waals surface area contributed by atoms with Crippen molar-refractivity contribution in [1.82, 2.24) is 4.98 Å². The van der Waals surface area contributed by atoms with Crippen molar-refractivity contribution in [1.29, 1.82) is 0 Å². The van der Waals surface area contributed by atoms with Gasteiger partial charge in [0.2, 0.25) is 0 Å². The zero-order valence-electron chi connectivity index (χ0n) is 12.0. The van der Waals surface area contributed by atoms with Gasteiger partial charge >= 0.3 is 0 Å². The van der Waals surface area contributed by atoms with Gasteiger partial charge in [-0.3, -0.25) is 0 Å². The van der Waals surface area contributed by atoms with Crippen LogP contribution in [0.2, 0.25) is 0 Å². The first-order valence-electron chi connectivity index (χ1n) is 6.52. The van der Waals surface area contributed by atoms with E-state index in [-0.39, 0.29) is 4.90 Å². The number of ether oxygens (including phenoxy) is 1. The number of pyridine rings is 1. The second kappa shape index (κ2) is 6.58. The number of nitrogens with zero attached hydrogens (tertiary/aromatic N) is 1. The number of aromatic nitrogens is 1. The summed E-state index contributed by atoms with van der Waals surface area (Å²) in [4.78, 5) is 4.32. The summed E-state index contributed by atoms with van der Waals surface area (Å²) in [7, 11) is -1.65. The highest BCUT2D eigenvalue weighted by molar-refractivity contribution is 7.90. The Bertz CT molecular complexity index is 697. The highest BCUT2D eigenvalue weighted by atomic mass is 32.2. The van der Waals surface area contributed by atoms with Crippen LogP contribution >= 0.6 is 0 Å². The van der Waals surface area contributed by atoms with E-state index in [1.54, 1.807) is 25.4 Å². The van der Waals surface area contributed by atoms with Crippen LogP contribution in [0.15, 0.2) is 47.5 Å². The smallest absolute Gasteiger partial charge is 0.179 e. The average Bonchev–Trinajstić information content (AvgIpc) is 2.47. The van der Waals surface area contributed by atoms with Gasteiger partial charge in [0.1, 0.15) is 16.5 Å². The minimum Gasteiger partial charge on any atom is -0.497 e. The lowest BCUT2D eigenvalue weighted by Crippen LogP contribution is -2.10. The van der Waals surface area contributed by atoms with Gasteiger partial charge in [-0.1, -0.05) is 12.1 Å². The van der Waals surface area contributed by atoms with Gasteiger partial charge in [-0.15, -0.1) is 0 Å². The van der Waals surface area contributed by atoms with Crippen molar-refractivity contribution in [3.05, 3.63) is 48.2 Å². The molecule has 1 aromatic carbocycles. The maximum absolute atomic E-state index is 11.7. The average molecular weight is 306 g/mol. The summed E-state index contributed by atoms with van der Waals surface area (Å²) in [6, 6.07) is 10.9. The minimum absolute atomic E-state index is 0.222. The molecule has 0 amide bonds. The van der Waals surface area contributed by atoms with Crippen molar-refractivity contribution in [2.45, 2.75) is 11.3 Å². The zero-order valence-corrected chi connectivity index (χ0v) is 12.9. The van der Waals surface area contributed by atoms with E-state index < -0.39 is 9.84 Å². The third kappa shape index (κ3) is 4.19. The molecule has 2 rings (SSSR count). The van der Waals surface area contributed by atoms with Crippen LogP contribution < -0.4 is 10.1 Å². The van der Waals surface area contributed by atoms with Gasteiger partial charge in [-0.2, -0.15) is 0 Å². The summed E-state index contributed by atoms with van der Waals surface area (Å²) in [5.74, 6) is 1.21. The molecule has 21 heavy (non-hydrogen) atoms. The van der Waals surface area contributed by atoms with Gasteiger partial charge in [0.15, 0.2) is 9.84 Å². The van der Waals surface area contributed by atoms with Crippen molar-refractivity contribution in [3.8, 4) is 5.75 Å². The standard InChI is InChI=1S/C15H18N2O3S/c1-20-13-7-5-12(6-8-13)9-11-17-15-14(21(2,18)19)4-3-10-16-15/h3-8,10H,9,11H2,1-2H3,(H,16,17). The highest BCUT2D eigenvalue weighted by Crippen LogP contribution is 2.18. The maximum atomic E-state index is 11.7. The lowest BCUT2D eigenvalue weighted by molar-refractivity contribution is 0.414. The van der Waals surface area contributed by atoms with Gasteiger partial charge in [-0.05, 0) is 36.2 Å². The Morgan fingerprint density at radius 3 is 2.52 bits per heavy atom. The second-order valence-corrected chi connectivity index (χ2v) is 6.63. The Hall–Kier alpha value is -2.08. The van der Waals surface area contributed by atoms with Gasteiger partial charge in [0, 0.05) is 19.0 Å². The molecule has 0 unspecified atom stereocenters. The normalized spacial score (nSPS) is 11.1.